The first-order valence-electron chi connectivity index (χ1n) is 7.03. The number of dihydropyridines is 1. The lowest BCUT2D eigenvalue weighted by molar-refractivity contribution is 0.404. The largest absolute Gasteiger partial charge is 0.378 e. The summed E-state index contributed by atoms with van der Waals surface area (Å²) in [5.74, 6) is -0.190. The molecule has 2 heterocycles. The maximum Gasteiger partial charge on any atom is 0.123 e. The second-order valence-corrected chi connectivity index (χ2v) is 5.32. The lowest BCUT2D eigenvalue weighted by atomic mass is 9.89. The van der Waals surface area contributed by atoms with Crippen molar-refractivity contribution in [3.8, 4) is 0 Å². The number of allylic oxidation sites excluding steroid dienone is 4. The SMILES string of the molecule is CCN1C=CC2=C(C1)C(c1ccc(F)cc1)NC(C)=C2. The molecule has 3 heteroatoms. The van der Waals surface area contributed by atoms with Crippen molar-refractivity contribution in [2.45, 2.75) is 19.9 Å². The Bertz CT molecular complexity index is 596. The Morgan fingerprint density at radius 2 is 2.05 bits per heavy atom. The van der Waals surface area contributed by atoms with Crippen molar-refractivity contribution in [1.29, 1.82) is 0 Å². The van der Waals surface area contributed by atoms with Gasteiger partial charge in [0.05, 0.1) is 6.04 Å². The molecule has 0 saturated carbocycles. The van der Waals surface area contributed by atoms with Gasteiger partial charge in [-0.15, -0.1) is 0 Å². The molecular formula is C17H19FN2. The first-order valence-corrected chi connectivity index (χ1v) is 7.03. The molecule has 0 amide bonds. The molecule has 0 bridgehead atoms. The molecule has 0 fully saturated rings. The zero-order valence-electron chi connectivity index (χ0n) is 11.9. The first-order chi connectivity index (χ1) is 9.67. The molecular weight excluding hydrogens is 251 g/mol. The van der Waals surface area contributed by atoms with Crippen molar-refractivity contribution in [3.05, 3.63) is 70.8 Å². The number of likely N-dealkylation sites (N-methyl/N-ethyl adjacent to an activating group) is 1. The van der Waals surface area contributed by atoms with Crippen LogP contribution in [0.2, 0.25) is 0 Å². The normalized spacial score (nSPS) is 21.4. The third-order valence-electron chi connectivity index (χ3n) is 3.91. The van der Waals surface area contributed by atoms with Crippen LogP contribution in [0.15, 0.2) is 59.5 Å². The van der Waals surface area contributed by atoms with Gasteiger partial charge in [0.25, 0.3) is 0 Å². The highest BCUT2D eigenvalue weighted by Crippen LogP contribution is 2.33. The van der Waals surface area contributed by atoms with Gasteiger partial charge in [0, 0.05) is 18.8 Å². The van der Waals surface area contributed by atoms with Crippen molar-refractivity contribution in [3.63, 3.8) is 0 Å². The van der Waals surface area contributed by atoms with E-state index < -0.39 is 0 Å². The van der Waals surface area contributed by atoms with E-state index in [1.165, 1.54) is 23.3 Å². The highest BCUT2D eigenvalue weighted by Gasteiger charge is 2.25. The predicted octanol–water partition coefficient (Wildman–Crippen LogP) is 3.52. The number of hydrogen-bond acceptors (Lipinski definition) is 2. The molecule has 2 nitrogen and oxygen atoms in total. The molecule has 1 atom stereocenters. The van der Waals surface area contributed by atoms with E-state index in [4.69, 9.17) is 0 Å². The van der Waals surface area contributed by atoms with Gasteiger partial charge in [0.2, 0.25) is 0 Å². The number of halogens is 1. The quantitative estimate of drug-likeness (QED) is 0.884. The van der Waals surface area contributed by atoms with E-state index in [2.05, 4.69) is 42.4 Å². The fraction of sp³-hybridized carbons (Fsp3) is 0.294. The van der Waals surface area contributed by atoms with Crippen LogP contribution in [0.4, 0.5) is 4.39 Å². The zero-order valence-corrected chi connectivity index (χ0v) is 11.9. The van der Waals surface area contributed by atoms with E-state index in [1.54, 1.807) is 0 Å². The lowest BCUT2D eigenvalue weighted by Crippen LogP contribution is -2.33. The average molecular weight is 270 g/mol. The molecule has 0 aromatic heterocycles. The van der Waals surface area contributed by atoms with Crippen LogP contribution in [0.25, 0.3) is 0 Å². The molecule has 1 aromatic carbocycles. The monoisotopic (exact) mass is 270 g/mol. The molecule has 1 N–H and O–H groups in total. The number of rotatable bonds is 2. The van der Waals surface area contributed by atoms with Gasteiger partial charge >= 0.3 is 0 Å². The van der Waals surface area contributed by atoms with Crippen molar-refractivity contribution < 1.29 is 4.39 Å². The Balaban J connectivity index is 1.99. The Hall–Kier alpha value is -2.03. The summed E-state index contributed by atoms with van der Waals surface area (Å²) in [7, 11) is 0. The van der Waals surface area contributed by atoms with Crippen molar-refractivity contribution >= 4 is 0 Å². The van der Waals surface area contributed by atoms with Gasteiger partial charge in [0.15, 0.2) is 0 Å². The Morgan fingerprint density at radius 1 is 1.30 bits per heavy atom. The number of nitrogens with one attached hydrogen (secondary N) is 1. The van der Waals surface area contributed by atoms with Crippen molar-refractivity contribution in [1.82, 2.24) is 10.2 Å². The minimum atomic E-state index is -0.190. The van der Waals surface area contributed by atoms with Gasteiger partial charge in [-0.3, -0.25) is 0 Å². The molecule has 1 unspecified atom stereocenters. The highest BCUT2D eigenvalue weighted by molar-refractivity contribution is 5.48. The van der Waals surface area contributed by atoms with Crippen LogP contribution >= 0.6 is 0 Å². The summed E-state index contributed by atoms with van der Waals surface area (Å²) in [6.07, 6.45) is 6.50. The van der Waals surface area contributed by atoms with Crippen LogP contribution in [-0.2, 0) is 0 Å². The van der Waals surface area contributed by atoms with E-state index in [0.717, 1.165) is 24.4 Å². The van der Waals surface area contributed by atoms with Crippen molar-refractivity contribution in [2.24, 2.45) is 0 Å². The topological polar surface area (TPSA) is 15.3 Å². The second kappa shape index (κ2) is 5.16. The fourth-order valence-electron chi connectivity index (χ4n) is 2.80. The Labute approximate surface area is 119 Å². The van der Waals surface area contributed by atoms with Gasteiger partial charge < -0.3 is 10.2 Å². The number of hydrogen-bond donors (Lipinski definition) is 1. The van der Waals surface area contributed by atoms with Gasteiger partial charge in [0.1, 0.15) is 5.82 Å². The van der Waals surface area contributed by atoms with Crippen LogP contribution in [0.3, 0.4) is 0 Å². The summed E-state index contributed by atoms with van der Waals surface area (Å²) in [5.41, 5.74) is 4.89. The number of benzene rings is 1. The molecule has 3 rings (SSSR count). The summed E-state index contributed by atoms with van der Waals surface area (Å²) in [6.45, 7) is 6.13. The summed E-state index contributed by atoms with van der Waals surface area (Å²) >= 11 is 0. The summed E-state index contributed by atoms with van der Waals surface area (Å²) in [5, 5.41) is 3.52. The molecule has 104 valence electrons. The molecule has 0 radical (unpaired) electrons. The van der Waals surface area contributed by atoms with Gasteiger partial charge in [-0.25, -0.2) is 4.39 Å². The van der Waals surface area contributed by atoms with Crippen LogP contribution in [0.5, 0.6) is 0 Å². The summed E-state index contributed by atoms with van der Waals surface area (Å²) in [6, 6.07) is 6.92. The average Bonchev–Trinajstić information content (AvgIpc) is 2.47. The van der Waals surface area contributed by atoms with Gasteiger partial charge in [-0.05, 0) is 61.0 Å². The predicted molar refractivity (Wildman–Crippen MR) is 79.4 cm³/mol. The lowest BCUT2D eigenvalue weighted by Gasteiger charge is -2.35. The third kappa shape index (κ3) is 2.36. The van der Waals surface area contributed by atoms with E-state index in [-0.39, 0.29) is 11.9 Å². The third-order valence-corrected chi connectivity index (χ3v) is 3.91. The Kier molecular flexibility index (Phi) is 3.35. The van der Waals surface area contributed by atoms with E-state index in [0.29, 0.717) is 0 Å². The first kappa shape index (κ1) is 13.0. The van der Waals surface area contributed by atoms with Crippen LogP contribution in [0, 0.1) is 5.82 Å². The van der Waals surface area contributed by atoms with E-state index in [1.807, 2.05) is 12.1 Å². The second-order valence-electron chi connectivity index (χ2n) is 5.32. The molecule has 1 aromatic rings. The minimum absolute atomic E-state index is 0.134. The molecule has 0 saturated heterocycles. The molecule has 0 spiro atoms. The van der Waals surface area contributed by atoms with Crippen molar-refractivity contribution in [2.75, 3.05) is 13.1 Å². The van der Waals surface area contributed by atoms with E-state index in [9.17, 15) is 4.39 Å². The number of nitrogens with zero attached hydrogens (tertiary/aromatic N) is 1. The maximum atomic E-state index is 13.1. The van der Waals surface area contributed by atoms with Crippen LogP contribution in [-0.4, -0.2) is 18.0 Å². The molecule has 2 aliphatic rings. The molecule has 2 aliphatic heterocycles. The standard InChI is InChI=1S/C17H19FN2/c1-3-20-9-8-14-10-12(2)19-17(16(14)11-20)13-4-6-15(18)7-5-13/h4-10,17,19H,3,11H2,1-2H3. The maximum absolute atomic E-state index is 13.1. The smallest absolute Gasteiger partial charge is 0.123 e. The summed E-state index contributed by atoms with van der Waals surface area (Å²) in [4.78, 5) is 2.28. The van der Waals surface area contributed by atoms with Gasteiger partial charge in [-0.2, -0.15) is 0 Å². The van der Waals surface area contributed by atoms with Crippen LogP contribution < -0.4 is 5.32 Å². The zero-order chi connectivity index (χ0) is 14.1. The van der Waals surface area contributed by atoms with Crippen LogP contribution in [0.1, 0.15) is 25.5 Å². The van der Waals surface area contributed by atoms with Gasteiger partial charge in [-0.1, -0.05) is 12.1 Å². The minimum Gasteiger partial charge on any atom is -0.378 e. The molecule has 20 heavy (non-hydrogen) atoms. The Morgan fingerprint density at radius 3 is 2.75 bits per heavy atom. The van der Waals surface area contributed by atoms with E-state index >= 15 is 0 Å². The highest BCUT2D eigenvalue weighted by atomic mass is 19.1. The fourth-order valence-corrected chi connectivity index (χ4v) is 2.80. The summed E-state index contributed by atoms with van der Waals surface area (Å²) < 4.78 is 13.1. The molecule has 0 aliphatic carbocycles.